The average Bonchev–Trinajstić information content (AvgIpc) is 2.76. The molecule has 0 aliphatic heterocycles. The van der Waals surface area contributed by atoms with Crippen molar-refractivity contribution in [3.63, 3.8) is 0 Å². The molecule has 1 heterocycles. The molecule has 3 heteroatoms. The number of para-hydroxylation sites is 1. The molecule has 2 nitrogen and oxygen atoms in total. The Morgan fingerprint density at radius 2 is 1.89 bits per heavy atom. The van der Waals surface area contributed by atoms with Crippen LogP contribution in [0.5, 0.6) is 0 Å². The van der Waals surface area contributed by atoms with Crippen molar-refractivity contribution in [2.24, 2.45) is 0 Å². The summed E-state index contributed by atoms with van der Waals surface area (Å²) in [6.07, 6.45) is 2.08. The standard InChI is InChI=1S/C15H13ClN2/c16-13-6-5-12(14(17)9-13)10-18-8-7-11-3-1-2-4-15(11)18/h1-9H,10,17H2. The summed E-state index contributed by atoms with van der Waals surface area (Å²) >= 11 is 5.91. The third kappa shape index (κ3) is 1.95. The lowest BCUT2D eigenvalue weighted by Crippen LogP contribution is -2.01. The minimum Gasteiger partial charge on any atom is -0.398 e. The van der Waals surface area contributed by atoms with Crippen molar-refractivity contribution < 1.29 is 0 Å². The Morgan fingerprint density at radius 3 is 2.72 bits per heavy atom. The normalized spacial score (nSPS) is 10.9. The predicted molar refractivity (Wildman–Crippen MR) is 76.9 cm³/mol. The Balaban J connectivity index is 2.01. The zero-order chi connectivity index (χ0) is 12.5. The lowest BCUT2D eigenvalue weighted by Gasteiger charge is -2.08. The van der Waals surface area contributed by atoms with Crippen LogP contribution in [0.4, 0.5) is 5.69 Å². The van der Waals surface area contributed by atoms with Gasteiger partial charge in [0.05, 0.1) is 0 Å². The number of anilines is 1. The summed E-state index contributed by atoms with van der Waals surface area (Å²) in [7, 11) is 0. The molecule has 0 aliphatic rings. The van der Waals surface area contributed by atoms with Crippen LogP contribution in [-0.2, 0) is 6.54 Å². The van der Waals surface area contributed by atoms with E-state index in [1.807, 2.05) is 24.3 Å². The van der Waals surface area contributed by atoms with E-state index in [9.17, 15) is 0 Å². The number of nitrogens with zero attached hydrogens (tertiary/aromatic N) is 1. The maximum absolute atomic E-state index is 5.98. The molecular formula is C15H13ClN2. The van der Waals surface area contributed by atoms with Gasteiger partial charge in [0.15, 0.2) is 0 Å². The SMILES string of the molecule is Nc1cc(Cl)ccc1Cn1ccc2ccccc21. The van der Waals surface area contributed by atoms with Crippen LogP contribution in [0.2, 0.25) is 5.02 Å². The fourth-order valence-electron chi connectivity index (χ4n) is 2.17. The molecule has 2 aromatic carbocycles. The van der Waals surface area contributed by atoms with Crippen LogP contribution in [0.15, 0.2) is 54.7 Å². The van der Waals surface area contributed by atoms with Crippen LogP contribution in [0, 0.1) is 0 Å². The largest absolute Gasteiger partial charge is 0.398 e. The van der Waals surface area contributed by atoms with Gasteiger partial charge in [-0.05, 0) is 35.2 Å². The number of nitrogen functional groups attached to an aromatic ring is 1. The topological polar surface area (TPSA) is 30.9 Å². The second-order valence-corrected chi connectivity index (χ2v) is 4.78. The number of nitrogens with two attached hydrogens (primary N) is 1. The van der Waals surface area contributed by atoms with Crippen LogP contribution < -0.4 is 5.73 Å². The fourth-order valence-corrected chi connectivity index (χ4v) is 2.35. The van der Waals surface area contributed by atoms with Crippen LogP contribution in [0.1, 0.15) is 5.56 Å². The van der Waals surface area contributed by atoms with E-state index in [1.165, 1.54) is 10.9 Å². The van der Waals surface area contributed by atoms with Gasteiger partial charge >= 0.3 is 0 Å². The van der Waals surface area contributed by atoms with E-state index < -0.39 is 0 Å². The Kier molecular flexibility index (Phi) is 2.73. The predicted octanol–water partition coefficient (Wildman–Crippen LogP) is 3.93. The Hall–Kier alpha value is -1.93. The molecule has 0 saturated carbocycles. The summed E-state index contributed by atoms with van der Waals surface area (Å²) in [5.41, 5.74) is 9.02. The fraction of sp³-hybridized carbons (Fsp3) is 0.0667. The molecule has 2 N–H and O–H groups in total. The molecule has 0 bridgehead atoms. The summed E-state index contributed by atoms with van der Waals surface area (Å²) in [5, 5.41) is 1.92. The molecule has 0 saturated heterocycles. The smallest absolute Gasteiger partial charge is 0.0496 e. The first kappa shape index (κ1) is 11.2. The summed E-state index contributed by atoms with van der Waals surface area (Å²) in [6.45, 7) is 0.760. The number of fused-ring (bicyclic) bond motifs is 1. The van der Waals surface area contributed by atoms with Crippen LogP contribution in [0.3, 0.4) is 0 Å². The van der Waals surface area contributed by atoms with Crippen LogP contribution in [-0.4, -0.2) is 4.57 Å². The molecule has 90 valence electrons. The minimum absolute atomic E-state index is 0.675. The highest BCUT2D eigenvalue weighted by atomic mass is 35.5. The van der Waals surface area contributed by atoms with Crippen molar-refractivity contribution in [2.45, 2.75) is 6.54 Å². The molecule has 3 aromatic rings. The van der Waals surface area contributed by atoms with E-state index in [1.54, 1.807) is 6.07 Å². The van der Waals surface area contributed by atoms with Crippen molar-refractivity contribution in [3.8, 4) is 0 Å². The van der Waals surface area contributed by atoms with Crippen LogP contribution >= 0.6 is 11.6 Å². The second kappa shape index (κ2) is 4.39. The summed E-state index contributed by atoms with van der Waals surface area (Å²) < 4.78 is 2.19. The van der Waals surface area contributed by atoms with Crippen LogP contribution in [0.25, 0.3) is 10.9 Å². The Labute approximate surface area is 111 Å². The molecule has 0 amide bonds. The number of hydrogen-bond donors (Lipinski definition) is 1. The van der Waals surface area contributed by atoms with Gasteiger partial charge in [-0.15, -0.1) is 0 Å². The van der Waals surface area contributed by atoms with E-state index in [0.29, 0.717) is 5.02 Å². The Morgan fingerprint density at radius 1 is 1.06 bits per heavy atom. The average molecular weight is 257 g/mol. The highest BCUT2D eigenvalue weighted by Gasteiger charge is 2.04. The lowest BCUT2D eigenvalue weighted by atomic mass is 10.2. The number of halogens is 1. The monoisotopic (exact) mass is 256 g/mol. The highest BCUT2D eigenvalue weighted by Crippen LogP contribution is 2.21. The van der Waals surface area contributed by atoms with Gasteiger partial charge in [-0.2, -0.15) is 0 Å². The molecule has 0 radical (unpaired) electrons. The molecule has 0 unspecified atom stereocenters. The first-order chi connectivity index (χ1) is 8.74. The number of hydrogen-bond acceptors (Lipinski definition) is 1. The zero-order valence-electron chi connectivity index (χ0n) is 9.81. The summed E-state index contributed by atoms with van der Waals surface area (Å²) in [6, 6.07) is 16.1. The lowest BCUT2D eigenvalue weighted by molar-refractivity contribution is 0.839. The highest BCUT2D eigenvalue weighted by molar-refractivity contribution is 6.30. The maximum atomic E-state index is 5.98. The number of benzene rings is 2. The van der Waals surface area contributed by atoms with Crippen molar-refractivity contribution in [3.05, 3.63) is 65.3 Å². The van der Waals surface area contributed by atoms with Crippen molar-refractivity contribution in [2.75, 3.05) is 5.73 Å². The van der Waals surface area contributed by atoms with E-state index in [0.717, 1.165) is 17.8 Å². The third-order valence-corrected chi connectivity index (χ3v) is 3.36. The maximum Gasteiger partial charge on any atom is 0.0496 e. The minimum atomic E-state index is 0.675. The molecule has 3 rings (SSSR count). The van der Waals surface area contributed by atoms with Gasteiger partial charge in [-0.25, -0.2) is 0 Å². The van der Waals surface area contributed by atoms with Gasteiger partial charge in [-0.3, -0.25) is 0 Å². The van der Waals surface area contributed by atoms with Crippen molar-refractivity contribution in [1.82, 2.24) is 4.57 Å². The second-order valence-electron chi connectivity index (χ2n) is 4.35. The first-order valence-corrected chi connectivity index (χ1v) is 6.19. The summed E-state index contributed by atoms with van der Waals surface area (Å²) in [4.78, 5) is 0. The molecule has 0 atom stereocenters. The first-order valence-electron chi connectivity index (χ1n) is 5.82. The van der Waals surface area contributed by atoms with Crippen molar-refractivity contribution >= 4 is 28.2 Å². The molecule has 0 fully saturated rings. The van der Waals surface area contributed by atoms with Gasteiger partial charge in [0.25, 0.3) is 0 Å². The zero-order valence-corrected chi connectivity index (χ0v) is 10.6. The number of aromatic nitrogens is 1. The molecule has 1 aromatic heterocycles. The summed E-state index contributed by atoms with van der Waals surface area (Å²) in [5.74, 6) is 0. The van der Waals surface area contributed by atoms with E-state index >= 15 is 0 Å². The van der Waals surface area contributed by atoms with Gasteiger partial charge in [0, 0.05) is 29.0 Å². The van der Waals surface area contributed by atoms with Gasteiger partial charge in [-0.1, -0.05) is 35.9 Å². The molecular weight excluding hydrogens is 244 g/mol. The molecule has 18 heavy (non-hydrogen) atoms. The Bertz CT molecular complexity index is 701. The molecule has 0 spiro atoms. The van der Waals surface area contributed by atoms with Gasteiger partial charge in [0.2, 0.25) is 0 Å². The number of rotatable bonds is 2. The van der Waals surface area contributed by atoms with E-state index in [4.69, 9.17) is 17.3 Å². The van der Waals surface area contributed by atoms with E-state index in [2.05, 4.69) is 29.0 Å². The van der Waals surface area contributed by atoms with Gasteiger partial charge < -0.3 is 10.3 Å². The molecule has 0 aliphatic carbocycles. The third-order valence-electron chi connectivity index (χ3n) is 3.13. The quantitative estimate of drug-likeness (QED) is 0.692. The van der Waals surface area contributed by atoms with E-state index in [-0.39, 0.29) is 0 Å². The van der Waals surface area contributed by atoms with Crippen molar-refractivity contribution in [1.29, 1.82) is 0 Å². The van der Waals surface area contributed by atoms with Gasteiger partial charge in [0.1, 0.15) is 0 Å².